The Labute approximate surface area is 114 Å². The molecule has 110 valence electrons. The van der Waals surface area contributed by atoms with Crippen molar-refractivity contribution < 1.29 is 4.74 Å². The van der Waals surface area contributed by atoms with Crippen LogP contribution in [0.25, 0.3) is 0 Å². The van der Waals surface area contributed by atoms with Crippen LogP contribution in [0.15, 0.2) is 0 Å². The average molecular weight is 258 g/mol. The molecule has 0 aliphatic heterocycles. The van der Waals surface area contributed by atoms with Gasteiger partial charge in [0.15, 0.2) is 0 Å². The van der Waals surface area contributed by atoms with Crippen molar-refractivity contribution in [1.82, 2.24) is 10.2 Å². The Morgan fingerprint density at radius 2 is 1.83 bits per heavy atom. The van der Waals surface area contributed by atoms with Crippen molar-refractivity contribution >= 4 is 0 Å². The van der Waals surface area contributed by atoms with E-state index in [4.69, 9.17) is 4.74 Å². The van der Waals surface area contributed by atoms with E-state index in [1.165, 1.54) is 6.42 Å². The Bertz CT molecular complexity index is 199. The molecule has 0 saturated carbocycles. The van der Waals surface area contributed by atoms with Crippen LogP contribution in [-0.2, 0) is 4.74 Å². The van der Waals surface area contributed by atoms with Gasteiger partial charge in [-0.2, -0.15) is 0 Å². The Balaban J connectivity index is 4.06. The van der Waals surface area contributed by atoms with Crippen LogP contribution in [0.3, 0.4) is 0 Å². The summed E-state index contributed by atoms with van der Waals surface area (Å²) in [5.74, 6) is 0. The van der Waals surface area contributed by atoms with Crippen LogP contribution in [0, 0.1) is 5.41 Å². The van der Waals surface area contributed by atoms with Gasteiger partial charge in [-0.1, -0.05) is 27.7 Å². The number of nitrogens with one attached hydrogen (secondary N) is 1. The molecule has 0 aromatic heterocycles. The van der Waals surface area contributed by atoms with Gasteiger partial charge in [0.1, 0.15) is 0 Å². The van der Waals surface area contributed by atoms with E-state index in [9.17, 15) is 0 Å². The van der Waals surface area contributed by atoms with Gasteiger partial charge in [0.25, 0.3) is 0 Å². The summed E-state index contributed by atoms with van der Waals surface area (Å²) in [5.41, 5.74) is 0.294. The molecule has 0 spiro atoms. The highest BCUT2D eigenvalue weighted by atomic mass is 16.5. The van der Waals surface area contributed by atoms with Crippen molar-refractivity contribution in [2.75, 3.05) is 33.3 Å². The third kappa shape index (κ3) is 8.90. The second kappa shape index (κ2) is 8.89. The van der Waals surface area contributed by atoms with E-state index >= 15 is 0 Å². The zero-order valence-corrected chi connectivity index (χ0v) is 13.5. The van der Waals surface area contributed by atoms with Gasteiger partial charge in [-0.15, -0.1) is 0 Å². The van der Waals surface area contributed by atoms with Gasteiger partial charge < -0.3 is 15.0 Å². The first-order chi connectivity index (χ1) is 8.27. The van der Waals surface area contributed by atoms with E-state index in [-0.39, 0.29) is 0 Å². The van der Waals surface area contributed by atoms with Gasteiger partial charge in [-0.3, -0.25) is 0 Å². The Hall–Kier alpha value is -0.120. The molecule has 3 nitrogen and oxygen atoms in total. The van der Waals surface area contributed by atoms with Gasteiger partial charge >= 0.3 is 0 Å². The zero-order chi connectivity index (χ0) is 14.2. The van der Waals surface area contributed by atoms with Gasteiger partial charge in [-0.05, 0) is 39.3 Å². The van der Waals surface area contributed by atoms with E-state index in [1.54, 1.807) is 0 Å². The molecular weight excluding hydrogens is 224 g/mol. The Morgan fingerprint density at radius 1 is 1.22 bits per heavy atom. The van der Waals surface area contributed by atoms with E-state index in [0.29, 0.717) is 17.6 Å². The molecule has 0 radical (unpaired) electrons. The van der Waals surface area contributed by atoms with E-state index < -0.39 is 0 Å². The maximum absolute atomic E-state index is 5.60. The van der Waals surface area contributed by atoms with Crippen molar-refractivity contribution in [3.05, 3.63) is 0 Å². The lowest BCUT2D eigenvalue weighted by molar-refractivity contribution is 0.0589. The smallest absolute Gasteiger partial charge is 0.0596 e. The second-order valence-corrected chi connectivity index (χ2v) is 6.55. The summed E-state index contributed by atoms with van der Waals surface area (Å²) in [6.07, 6.45) is 1.52. The highest BCUT2D eigenvalue weighted by Crippen LogP contribution is 2.19. The Morgan fingerprint density at radius 3 is 2.28 bits per heavy atom. The van der Waals surface area contributed by atoms with Gasteiger partial charge in [0.05, 0.1) is 12.7 Å². The van der Waals surface area contributed by atoms with Crippen molar-refractivity contribution in [3.63, 3.8) is 0 Å². The molecule has 1 atom stereocenters. The first kappa shape index (κ1) is 17.9. The van der Waals surface area contributed by atoms with Crippen LogP contribution in [0.4, 0.5) is 0 Å². The van der Waals surface area contributed by atoms with Crippen LogP contribution in [0.1, 0.15) is 48.0 Å². The number of hydrogen-bond donors (Lipinski definition) is 1. The largest absolute Gasteiger partial charge is 0.377 e. The normalized spacial score (nSPS) is 14.5. The van der Waals surface area contributed by atoms with E-state index in [2.05, 4.69) is 58.8 Å². The number of likely N-dealkylation sites (N-methyl/N-ethyl adjacent to an activating group) is 1. The number of ether oxygens (including phenoxy) is 1. The third-order valence-electron chi connectivity index (χ3n) is 3.10. The number of nitrogens with zero attached hydrogens (tertiary/aromatic N) is 1. The van der Waals surface area contributed by atoms with Crippen LogP contribution in [0.2, 0.25) is 0 Å². The van der Waals surface area contributed by atoms with E-state index in [1.807, 2.05) is 0 Å². The number of hydrogen-bond acceptors (Lipinski definition) is 3. The van der Waals surface area contributed by atoms with Crippen molar-refractivity contribution in [2.24, 2.45) is 5.41 Å². The molecule has 0 aromatic carbocycles. The summed E-state index contributed by atoms with van der Waals surface area (Å²) >= 11 is 0. The van der Waals surface area contributed by atoms with Crippen LogP contribution in [0.5, 0.6) is 0 Å². The minimum atomic E-state index is 0.294. The predicted molar refractivity (Wildman–Crippen MR) is 80.1 cm³/mol. The minimum absolute atomic E-state index is 0.294. The topological polar surface area (TPSA) is 24.5 Å². The molecular formula is C15H34N2O. The maximum Gasteiger partial charge on any atom is 0.0596 e. The fourth-order valence-corrected chi connectivity index (χ4v) is 1.81. The highest BCUT2D eigenvalue weighted by molar-refractivity contribution is 4.82. The minimum Gasteiger partial charge on any atom is -0.377 e. The summed E-state index contributed by atoms with van der Waals surface area (Å²) in [6, 6.07) is 0.529. The second-order valence-electron chi connectivity index (χ2n) is 6.55. The lowest BCUT2D eigenvalue weighted by Crippen LogP contribution is -2.48. The molecule has 1 unspecified atom stereocenters. The maximum atomic E-state index is 5.60. The molecule has 0 amide bonds. The summed E-state index contributed by atoms with van der Waals surface area (Å²) in [7, 11) is 2.18. The fraction of sp³-hybridized carbons (Fsp3) is 1.00. The van der Waals surface area contributed by atoms with Crippen molar-refractivity contribution in [3.8, 4) is 0 Å². The highest BCUT2D eigenvalue weighted by Gasteiger charge is 2.24. The van der Waals surface area contributed by atoms with E-state index in [0.717, 1.165) is 26.2 Å². The van der Waals surface area contributed by atoms with Gasteiger partial charge in [0, 0.05) is 19.1 Å². The molecule has 1 N–H and O–H groups in total. The summed E-state index contributed by atoms with van der Waals surface area (Å²) in [6.45, 7) is 17.3. The molecule has 0 aromatic rings. The molecule has 0 saturated heterocycles. The summed E-state index contributed by atoms with van der Waals surface area (Å²) in [4.78, 5) is 2.36. The Kier molecular flexibility index (Phi) is 8.83. The predicted octanol–water partition coefficient (Wildman–Crippen LogP) is 2.76. The van der Waals surface area contributed by atoms with Crippen LogP contribution < -0.4 is 5.32 Å². The fourth-order valence-electron chi connectivity index (χ4n) is 1.81. The standard InChI is InChI=1S/C15H34N2O/c1-8-9-16-14(15(4,5)6)12-17(7)10-11-18-13(2)3/h13-14,16H,8-12H2,1-7H3. The molecule has 0 heterocycles. The third-order valence-corrected chi connectivity index (χ3v) is 3.10. The van der Waals surface area contributed by atoms with Crippen molar-refractivity contribution in [2.45, 2.75) is 60.1 Å². The summed E-state index contributed by atoms with van der Waals surface area (Å²) < 4.78 is 5.60. The van der Waals surface area contributed by atoms with Crippen LogP contribution >= 0.6 is 0 Å². The van der Waals surface area contributed by atoms with Crippen molar-refractivity contribution in [1.29, 1.82) is 0 Å². The zero-order valence-electron chi connectivity index (χ0n) is 13.5. The first-order valence-electron chi connectivity index (χ1n) is 7.31. The lowest BCUT2D eigenvalue weighted by atomic mass is 9.86. The average Bonchev–Trinajstić information content (AvgIpc) is 2.22. The molecule has 18 heavy (non-hydrogen) atoms. The monoisotopic (exact) mass is 258 g/mol. The molecule has 0 rings (SSSR count). The SMILES string of the molecule is CCCNC(CN(C)CCOC(C)C)C(C)(C)C. The molecule has 0 fully saturated rings. The summed E-state index contributed by atoms with van der Waals surface area (Å²) in [5, 5.41) is 3.66. The quantitative estimate of drug-likeness (QED) is 0.688. The van der Waals surface area contributed by atoms with Gasteiger partial charge in [0.2, 0.25) is 0 Å². The molecule has 0 bridgehead atoms. The van der Waals surface area contributed by atoms with Crippen LogP contribution in [-0.4, -0.2) is 50.3 Å². The first-order valence-corrected chi connectivity index (χ1v) is 7.31. The lowest BCUT2D eigenvalue weighted by Gasteiger charge is -2.35. The molecule has 3 heteroatoms. The molecule has 0 aliphatic carbocycles. The molecule has 0 aliphatic rings. The van der Waals surface area contributed by atoms with Gasteiger partial charge in [-0.25, -0.2) is 0 Å². The number of rotatable bonds is 9.